The number of methoxy groups -OCH3 is 2. The van der Waals surface area contributed by atoms with E-state index in [-0.39, 0.29) is 36.4 Å². The molecule has 1 aliphatic carbocycles. The van der Waals surface area contributed by atoms with Crippen molar-refractivity contribution in [1.29, 1.82) is 0 Å². The minimum absolute atomic E-state index is 0.00921. The van der Waals surface area contributed by atoms with Crippen LogP contribution in [-0.4, -0.2) is 46.3 Å². The molecule has 11 nitrogen and oxygen atoms in total. The van der Waals surface area contributed by atoms with Gasteiger partial charge in [-0.05, 0) is 72.7 Å². The summed E-state index contributed by atoms with van der Waals surface area (Å²) < 4.78 is 48.0. The van der Waals surface area contributed by atoms with Crippen molar-refractivity contribution in [3.8, 4) is 33.8 Å². The normalized spacial score (nSPS) is 17.7. The topological polar surface area (TPSA) is 117 Å². The first-order valence-electron chi connectivity index (χ1n) is 17.2. The third-order valence-electron chi connectivity index (χ3n) is 10.8. The van der Waals surface area contributed by atoms with Crippen LogP contribution in [0, 0.1) is 0 Å². The maximum Gasteiger partial charge on any atom is 0.329 e. The molecule has 0 bridgehead atoms. The molecule has 2 aliphatic heterocycles. The number of imide groups is 1. The summed E-state index contributed by atoms with van der Waals surface area (Å²) in [4.78, 5) is 52.4. The Bertz CT molecular complexity index is 2440. The maximum atomic E-state index is 15.9. The van der Waals surface area contributed by atoms with Gasteiger partial charge in [0.2, 0.25) is 11.8 Å². The molecule has 1 unspecified atom stereocenters. The van der Waals surface area contributed by atoms with Crippen LogP contribution >= 0.6 is 0 Å². The van der Waals surface area contributed by atoms with Crippen molar-refractivity contribution in [2.24, 2.45) is 14.1 Å². The van der Waals surface area contributed by atoms with E-state index < -0.39 is 30.1 Å². The van der Waals surface area contributed by atoms with Gasteiger partial charge in [-0.15, -0.1) is 0 Å². The second kappa shape index (κ2) is 12.2. The second-order valence-corrected chi connectivity index (χ2v) is 13.8. The van der Waals surface area contributed by atoms with Gasteiger partial charge in [-0.25, -0.2) is 4.79 Å². The molecule has 5 aromatic rings. The van der Waals surface area contributed by atoms with Gasteiger partial charge in [0.1, 0.15) is 17.5 Å². The number of imidazole rings is 1. The highest BCUT2D eigenvalue weighted by molar-refractivity contribution is 6.01. The Kier molecular flexibility index (Phi) is 7.85. The number of para-hydroxylation sites is 1. The van der Waals surface area contributed by atoms with Gasteiger partial charge in [0.05, 0.1) is 43.9 Å². The SMILES string of the molecule is COc1cc(-c2cn(C)c(=O)c3c2CCC3)cc(OC)c1CN1CC(F)(F)c2cc(-c3cccc4c3n(C)c(=O)n4C3CCC(=O)NC3=O)ccc21. The van der Waals surface area contributed by atoms with Crippen LogP contribution in [0.4, 0.5) is 14.5 Å². The number of ether oxygens (including phenoxy) is 2. The molecule has 0 spiro atoms. The predicted octanol–water partition coefficient (Wildman–Crippen LogP) is 4.97. The summed E-state index contributed by atoms with van der Waals surface area (Å²) in [7, 11) is 6.39. The summed E-state index contributed by atoms with van der Waals surface area (Å²) in [6.07, 6.45) is 4.55. The molecule has 1 fully saturated rings. The number of aromatic nitrogens is 3. The zero-order chi connectivity index (χ0) is 36.6. The molecule has 3 aromatic carbocycles. The molecule has 0 saturated carbocycles. The van der Waals surface area contributed by atoms with Crippen molar-refractivity contribution in [2.75, 3.05) is 25.7 Å². The van der Waals surface area contributed by atoms with Gasteiger partial charge < -0.3 is 18.9 Å². The van der Waals surface area contributed by atoms with Crippen LogP contribution in [0.5, 0.6) is 11.5 Å². The molecule has 2 aromatic heterocycles. The van der Waals surface area contributed by atoms with E-state index in [2.05, 4.69) is 5.32 Å². The Labute approximate surface area is 297 Å². The van der Waals surface area contributed by atoms with E-state index >= 15 is 8.78 Å². The Morgan fingerprint density at radius 2 is 1.62 bits per heavy atom. The number of rotatable bonds is 7. The molecule has 1 saturated heterocycles. The van der Waals surface area contributed by atoms with Crippen molar-refractivity contribution in [2.45, 2.75) is 50.6 Å². The first-order valence-corrected chi connectivity index (χ1v) is 17.2. The van der Waals surface area contributed by atoms with Gasteiger partial charge in [-0.1, -0.05) is 18.2 Å². The number of halogens is 2. The Morgan fingerprint density at radius 3 is 2.33 bits per heavy atom. The number of pyridine rings is 1. The number of nitrogens with zero attached hydrogens (tertiary/aromatic N) is 4. The number of hydrogen-bond acceptors (Lipinski definition) is 7. The number of alkyl halides is 2. The van der Waals surface area contributed by atoms with Gasteiger partial charge in [0.25, 0.3) is 11.5 Å². The monoisotopic (exact) mass is 709 g/mol. The number of carbonyl (C=O) groups is 2. The average Bonchev–Trinajstić information content (AvgIpc) is 3.79. The number of amides is 2. The number of hydrogen-bond donors (Lipinski definition) is 1. The van der Waals surface area contributed by atoms with Crippen LogP contribution in [0.15, 0.2) is 64.3 Å². The molecule has 268 valence electrons. The lowest BCUT2D eigenvalue weighted by Crippen LogP contribution is -2.44. The minimum atomic E-state index is -3.19. The van der Waals surface area contributed by atoms with E-state index in [0.29, 0.717) is 44.9 Å². The smallest absolute Gasteiger partial charge is 0.329 e. The lowest BCUT2D eigenvalue weighted by atomic mass is 9.97. The molecule has 13 heteroatoms. The Balaban J connectivity index is 1.17. The van der Waals surface area contributed by atoms with Crippen LogP contribution in [0.3, 0.4) is 0 Å². The van der Waals surface area contributed by atoms with Crippen LogP contribution < -0.4 is 30.9 Å². The number of piperidine rings is 1. The molecule has 4 heterocycles. The van der Waals surface area contributed by atoms with Gasteiger partial charge in [0.15, 0.2) is 0 Å². The van der Waals surface area contributed by atoms with E-state index in [0.717, 1.165) is 41.5 Å². The molecule has 8 rings (SSSR count). The molecule has 3 aliphatic rings. The third kappa shape index (κ3) is 5.12. The quantitative estimate of drug-likeness (QED) is 0.238. The highest BCUT2D eigenvalue weighted by atomic mass is 19.3. The molecule has 52 heavy (non-hydrogen) atoms. The number of fused-ring (bicyclic) bond motifs is 3. The van der Waals surface area contributed by atoms with Crippen LogP contribution in [0.1, 0.15) is 47.6 Å². The second-order valence-electron chi connectivity index (χ2n) is 13.8. The van der Waals surface area contributed by atoms with Crippen molar-refractivity contribution in [1.82, 2.24) is 19.0 Å². The molecule has 1 N–H and O–H groups in total. The van der Waals surface area contributed by atoms with Gasteiger partial charge >= 0.3 is 5.69 Å². The average molecular weight is 710 g/mol. The fraction of sp³-hybridized carbons (Fsp3) is 0.333. The molecule has 1 atom stereocenters. The van der Waals surface area contributed by atoms with Crippen LogP contribution in [0.2, 0.25) is 0 Å². The number of benzene rings is 3. The third-order valence-corrected chi connectivity index (χ3v) is 10.8. The lowest BCUT2D eigenvalue weighted by Gasteiger charge is -2.23. The van der Waals surface area contributed by atoms with Crippen molar-refractivity contribution in [3.63, 3.8) is 0 Å². The number of aryl methyl sites for hydroxylation is 2. The first-order chi connectivity index (χ1) is 24.9. The van der Waals surface area contributed by atoms with Gasteiger partial charge in [-0.2, -0.15) is 8.78 Å². The molecular formula is C39H37F2N5O6. The summed E-state index contributed by atoms with van der Waals surface area (Å²) in [5.74, 6) is -3.17. The predicted molar refractivity (Wildman–Crippen MR) is 191 cm³/mol. The van der Waals surface area contributed by atoms with Crippen molar-refractivity contribution >= 4 is 28.5 Å². The lowest BCUT2D eigenvalue weighted by molar-refractivity contribution is -0.135. The highest BCUT2D eigenvalue weighted by Gasteiger charge is 2.44. The molecular weight excluding hydrogens is 672 g/mol. The summed E-state index contributed by atoms with van der Waals surface area (Å²) in [5, 5.41) is 2.31. The Hall–Kier alpha value is -5.72. The van der Waals surface area contributed by atoms with Crippen molar-refractivity contribution < 1.29 is 27.8 Å². The van der Waals surface area contributed by atoms with Gasteiger partial charge in [0, 0.05) is 54.7 Å². The molecule has 0 radical (unpaired) electrons. The Morgan fingerprint density at radius 1 is 0.885 bits per heavy atom. The summed E-state index contributed by atoms with van der Waals surface area (Å²) >= 11 is 0. The minimum Gasteiger partial charge on any atom is -0.496 e. The summed E-state index contributed by atoms with van der Waals surface area (Å²) in [6.45, 7) is -0.485. The zero-order valence-electron chi connectivity index (χ0n) is 29.2. The van der Waals surface area contributed by atoms with E-state index in [4.69, 9.17) is 9.47 Å². The summed E-state index contributed by atoms with van der Waals surface area (Å²) in [5.41, 5.74) is 5.99. The number of carbonyl (C=O) groups excluding carboxylic acids is 2. The van der Waals surface area contributed by atoms with E-state index in [1.165, 1.54) is 29.4 Å². The number of anilines is 1. The summed E-state index contributed by atoms with van der Waals surface area (Å²) in [6, 6.07) is 13.0. The van der Waals surface area contributed by atoms with E-state index in [9.17, 15) is 19.2 Å². The van der Waals surface area contributed by atoms with E-state index in [1.54, 1.807) is 53.9 Å². The fourth-order valence-corrected chi connectivity index (χ4v) is 8.28. The zero-order valence-corrected chi connectivity index (χ0v) is 29.2. The standard InChI is InChI=1S/C39H37F2N5O6/c1-43-18-26(24-8-5-9-25(24)37(43)49)22-16-32(51-3)27(33(17-22)52-4)19-45-20-39(40,41)28-15-21(11-12-29(28)45)23-7-6-10-30-35(23)44(2)38(50)46(30)31-13-14-34(47)42-36(31)48/h6-7,10-12,15-18,31H,5,8-9,13-14,19-20H2,1-4H3,(H,42,47,48). The van der Waals surface area contributed by atoms with Crippen LogP contribution in [-0.2, 0) is 49.0 Å². The highest BCUT2D eigenvalue weighted by Crippen LogP contribution is 2.48. The van der Waals surface area contributed by atoms with Gasteiger partial charge in [-0.3, -0.25) is 28.8 Å². The van der Waals surface area contributed by atoms with E-state index in [1.807, 2.05) is 18.3 Å². The molecule has 2 amide bonds. The number of nitrogens with one attached hydrogen (secondary N) is 1. The first kappa shape index (κ1) is 33.4. The van der Waals surface area contributed by atoms with Crippen LogP contribution in [0.25, 0.3) is 33.3 Å². The fourth-order valence-electron chi connectivity index (χ4n) is 8.28. The largest absolute Gasteiger partial charge is 0.496 e. The van der Waals surface area contributed by atoms with Crippen molar-refractivity contribution in [3.05, 3.63) is 97.8 Å². The maximum absolute atomic E-state index is 15.9.